The zero-order chi connectivity index (χ0) is 11.9. The second-order valence-electron chi connectivity index (χ2n) is 3.32. The zero-order valence-corrected chi connectivity index (χ0v) is 10.6. The van der Waals surface area contributed by atoms with E-state index in [1.54, 1.807) is 13.0 Å². The van der Waals surface area contributed by atoms with Crippen molar-refractivity contribution in [3.05, 3.63) is 33.4 Å². The number of aryl methyl sites for hydroxylation is 1. The first-order valence-electron chi connectivity index (χ1n) is 4.31. The number of nitrogens with zero attached hydrogens (tertiary/aromatic N) is 1. The van der Waals surface area contributed by atoms with Gasteiger partial charge in [-0.1, -0.05) is 0 Å². The Bertz CT molecular complexity index is 521. The molecular weight excluding hydrogens is 273 g/mol. The van der Waals surface area contributed by atoms with Gasteiger partial charge in [-0.25, -0.2) is 0 Å². The molecule has 1 unspecified atom stereocenters. The Hall–Kier alpha value is -0.680. The van der Waals surface area contributed by atoms with Crippen molar-refractivity contribution in [3.63, 3.8) is 0 Å². The fourth-order valence-corrected chi connectivity index (χ4v) is 2.97. The number of hydrogen-bond acceptors (Lipinski definition) is 5. The van der Waals surface area contributed by atoms with E-state index in [2.05, 4.69) is 0 Å². The van der Waals surface area contributed by atoms with Gasteiger partial charge in [0.15, 0.2) is 0 Å². The quantitative estimate of drug-likeness (QED) is 0.448. The van der Waals surface area contributed by atoms with E-state index < -0.39 is 10.8 Å². The molecule has 1 heterocycles. The number of benzene rings is 1. The van der Waals surface area contributed by atoms with Crippen molar-refractivity contribution in [1.82, 2.24) is 0 Å². The molecule has 0 fully saturated rings. The Morgan fingerprint density at radius 2 is 2.31 bits per heavy atom. The van der Waals surface area contributed by atoms with Gasteiger partial charge in [0.25, 0.3) is 0 Å². The summed E-state index contributed by atoms with van der Waals surface area (Å²) >= 11 is 10.6. The molecule has 0 saturated carbocycles. The van der Waals surface area contributed by atoms with E-state index in [9.17, 15) is 10.1 Å². The SMILES string of the molecule is Cc1cc2c(c([N+](=O)[O-])c1)OP(=S)(Cl)OC2. The van der Waals surface area contributed by atoms with Crippen LogP contribution in [-0.4, -0.2) is 4.92 Å². The monoisotopic (exact) mass is 279 g/mol. The van der Waals surface area contributed by atoms with Crippen molar-refractivity contribution < 1.29 is 14.0 Å². The highest BCUT2D eigenvalue weighted by Crippen LogP contribution is 2.59. The highest BCUT2D eigenvalue weighted by molar-refractivity contribution is 8.22. The van der Waals surface area contributed by atoms with E-state index >= 15 is 0 Å². The van der Waals surface area contributed by atoms with Crippen molar-refractivity contribution in [2.45, 2.75) is 13.5 Å². The topological polar surface area (TPSA) is 61.6 Å². The Labute approximate surface area is 101 Å². The fourth-order valence-electron chi connectivity index (χ4n) is 1.46. The Morgan fingerprint density at radius 1 is 1.62 bits per heavy atom. The molecule has 16 heavy (non-hydrogen) atoms. The molecule has 1 aliphatic heterocycles. The minimum absolute atomic E-state index is 0.117. The Balaban J connectivity index is 2.60. The lowest BCUT2D eigenvalue weighted by molar-refractivity contribution is -0.385. The highest BCUT2D eigenvalue weighted by Gasteiger charge is 2.31. The summed E-state index contributed by atoms with van der Waals surface area (Å²) in [6.45, 7) is 1.91. The Morgan fingerprint density at radius 3 is 2.94 bits per heavy atom. The summed E-state index contributed by atoms with van der Waals surface area (Å²) in [5, 5.41) is 10.9. The van der Waals surface area contributed by atoms with Gasteiger partial charge in [-0.15, -0.1) is 0 Å². The lowest BCUT2D eigenvalue weighted by Gasteiger charge is -2.23. The van der Waals surface area contributed by atoms with Crippen molar-refractivity contribution in [1.29, 1.82) is 0 Å². The van der Waals surface area contributed by atoms with Gasteiger partial charge in [-0.3, -0.25) is 10.1 Å². The third-order valence-corrected chi connectivity index (χ3v) is 3.94. The number of nitro benzene ring substituents is 1. The molecule has 1 aromatic carbocycles. The lowest BCUT2D eigenvalue weighted by atomic mass is 10.1. The minimum Gasteiger partial charge on any atom is -0.425 e. The van der Waals surface area contributed by atoms with Crippen LogP contribution in [-0.2, 0) is 22.9 Å². The van der Waals surface area contributed by atoms with Crippen molar-refractivity contribution in [2.24, 2.45) is 0 Å². The molecule has 1 aliphatic rings. The minimum atomic E-state index is -2.90. The molecule has 8 heteroatoms. The van der Waals surface area contributed by atoms with Crippen LogP contribution < -0.4 is 4.52 Å². The summed E-state index contributed by atoms with van der Waals surface area (Å²) < 4.78 is 10.3. The first-order valence-corrected chi connectivity index (χ1v) is 7.85. The van der Waals surface area contributed by atoms with Crippen LogP contribution in [0.1, 0.15) is 11.1 Å². The predicted octanol–water partition coefficient (Wildman–Crippen LogP) is 3.28. The largest absolute Gasteiger partial charge is 0.425 e. The third kappa shape index (κ3) is 2.20. The molecule has 0 spiro atoms. The number of fused-ring (bicyclic) bond motifs is 1. The van der Waals surface area contributed by atoms with Crippen LogP contribution in [0.3, 0.4) is 0 Å². The van der Waals surface area contributed by atoms with Gasteiger partial charge in [0.2, 0.25) is 5.75 Å². The van der Waals surface area contributed by atoms with Crippen LogP contribution in [0.25, 0.3) is 0 Å². The van der Waals surface area contributed by atoms with Crippen LogP contribution in [0.15, 0.2) is 12.1 Å². The summed E-state index contributed by atoms with van der Waals surface area (Å²) in [4.78, 5) is 10.3. The maximum absolute atomic E-state index is 10.9. The molecule has 0 radical (unpaired) electrons. The van der Waals surface area contributed by atoms with Gasteiger partial charge in [0, 0.05) is 11.6 Å². The van der Waals surface area contributed by atoms with Crippen molar-refractivity contribution >= 4 is 34.6 Å². The average Bonchev–Trinajstić information content (AvgIpc) is 2.16. The number of nitro groups is 1. The summed E-state index contributed by atoms with van der Waals surface area (Å²) in [7, 11) is 0. The van der Waals surface area contributed by atoms with E-state index in [4.69, 9.17) is 32.1 Å². The van der Waals surface area contributed by atoms with Crippen molar-refractivity contribution in [2.75, 3.05) is 0 Å². The zero-order valence-electron chi connectivity index (χ0n) is 8.18. The van der Waals surface area contributed by atoms with Gasteiger partial charge < -0.3 is 9.05 Å². The summed E-state index contributed by atoms with van der Waals surface area (Å²) in [6.07, 6.45) is 0. The van der Waals surface area contributed by atoms with Gasteiger partial charge in [0.1, 0.15) is 0 Å². The third-order valence-electron chi connectivity index (χ3n) is 2.06. The maximum Gasteiger partial charge on any atom is 0.333 e. The number of halogens is 1. The van der Waals surface area contributed by atoms with Crippen LogP contribution in [0.4, 0.5) is 5.69 Å². The first-order chi connectivity index (χ1) is 7.39. The molecule has 0 saturated heterocycles. The Kier molecular flexibility index (Phi) is 2.92. The number of rotatable bonds is 1. The van der Waals surface area contributed by atoms with Gasteiger partial charge >= 0.3 is 11.5 Å². The van der Waals surface area contributed by atoms with E-state index in [0.29, 0.717) is 5.56 Å². The first kappa shape index (κ1) is 11.8. The maximum atomic E-state index is 10.9. The summed E-state index contributed by atoms with van der Waals surface area (Å²) in [5.41, 5.74) is 1.25. The van der Waals surface area contributed by atoms with Crippen molar-refractivity contribution in [3.8, 4) is 5.75 Å². The van der Waals surface area contributed by atoms with Gasteiger partial charge in [-0.05, 0) is 41.6 Å². The normalized spacial score (nSPS) is 23.4. The molecule has 0 N–H and O–H groups in total. The molecular formula is C8H7ClNO4PS. The van der Waals surface area contributed by atoms with Crippen LogP contribution in [0.5, 0.6) is 5.75 Å². The van der Waals surface area contributed by atoms with Crippen LogP contribution >= 0.6 is 17.1 Å². The second kappa shape index (κ2) is 3.96. The summed E-state index contributed by atoms with van der Waals surface area (Å²) in [6, 6.07) is 3.18. The predicted molar refractivity (Wildman–Crippen MR) is 63.4 cm³/mol. The molecule has 0 aromatic heterocycles. The van der Waals surface area contributed by atoms with E-state index in [1.165, 1.54) is 6.07 Å². The standard InChI is InChI=1S/C8H7ClNO4PS/c1-5-2-6-4-13-15(9,16)14-8(6)7(3-5)10(11)12/h2-3H,4H2,1H3. The van der Waals surface area contributed by atoms with Gasteiger partial charge in [0.05, 0.1) is 11.5 Å². The fraction of sp³-hybridized carbons (Fsp3) is 0.250. The molecule has 0 amide bonds. The summed E-state index contributed by atoms with van der Waals surface area (Å²) in [5.74, 6) is -2.76. The molecule has 0 bridgehead atoms. The van der Waals surface area contributed by atoms with Gasteiger partial charge in [-0.2, -0.15) is 0 Å². The molecule has 0 aliphatic carbocycles. The number of hydrogen-bond donors (Lipinski definition) is 0. The van der Waals surface area contributed by atoms with E-state index in [0.717, 1.165) is 5.56 Å². The van der Waals surface area contributed by atoms with E-state index in [-0.39, 0.29) is 18.0 Å². The molecule has 2 rings (SSSR count). The second-order valence-corrected chi connectivity index (χ2v) is 8.01. The highest BCUT2D eigenvalue weighted by atomic mass is 35.7. The molecule has 1 aromatic rings. The molecule has 86 valence electrons. The van der Waals surface area contributed by atoms with E-state index in [1.807, 2.05) is 0 Å². The lowest BCUT2D eigenvalue weighted by Crippen LogP contribution is -2.06. The molecule has 5 nitrogen and oxygen atoms in total. The van der Waals surface area contributed by atoms with Crippen LogP contribution in [0, 0.1) is 17.0 Å². The average molecular weight is 280 g/mol. The molecule has 1 atom stereocenters. The van der Waals surface area contributed by atoms with Crippen LogP contribution in [0.2, 0.25) is 0 Å². The smallest absolute Gasteiger partial charge is 0.333 e.